The van der Waals surface area contributed by atoms with Gasteiger partial charge in [-0.15, -0.1) is 0 Å². The van der Waals surface area contributed by atoms with E-state index in [1.807, 2.05) is 26.2 Å². The van der Waals surface area contributed by atoms with Gasteiger partial charge in [0.05, 0.1) is 11.9 Å². The fourth-order valence-corrected chi connectivity index (χ4v) is 1.89. The van der Waals surface area contributed by atoms with Crippen LogP contribution in [0.15, 0.2) is 24.5 Å². The van der Waals surface area contributed by atoms with E-state index in [1.54, 1.807) is 17.0 Å². The number of aryl methyl sites for hydroxylation is 3. The van der Waals surface area contributed by atoms with Gasteiger partial charge in [0.15, 0.2) is 0 Å². The number of nitrogens with one attached hydrogen (secondary N) is 2. The van der Waals surface area contributed by atoms with Crippen LogP contribution in [0.1, 0.15) is 23.4 Å². The maximum absolute atomic E-state index is 11.6. The highest BCUT2D eigenvalue weighted by Crippen LogP contribution is 2.05. The van der Waals surface area contributed by atoms with Crippen molar-refractivity contribution < 1.29 is 4.79 Å². The third-order valence-corrected chi connectivity index (χ3v) is 3.12. The fraction of sp³-hybridized carbons (Fsp3) is 0.357. The molecule has 0 aliphatic heterocycles. The zero-order chi connectivity index (χ0) is 14.4. The molecule has 2 aromatic heterocycles. The van der Waals surface area contributed by atoms with Crippen LogP contribution in [-0.4, -0.2) is 32.4 Å². The van der Waals surface area contributed by atoms with Crippen LogP contribution in [0, 0.1) is 6.92 Å². The number of aromatic nitrogens is 4. The average molecular weight is 273 g/mol. The van der Waals surface area contributed by atoms with E-state index in [4.69, 9.17) is 0 Å². The SMILES string of the molecule is Cc1[nH]ncc1CCCNC(=O)C=Cc1ccnn1C. The Morgan fingerprint density at radius 1 is 1.55 bits per heavy atom. The lowest BCUT2D eigenvalue weighted by atomic mass is 10.1. The minimum absolute atomic E-state index is 0.0879. The lowest BCUT2D eigenvalue weighted by Gasteiger charge is -2.02. The standard InChI is InChI=1S/C14H19N5O/c1-11-12(10-16-18-11)4-3-8-15-14(20)6-5-13-7-9-17-19(13)2/h5-7,9-10H,3-4,8H2,1-2H3,(H,15,20)(H,16,18). The topological polar surface area (TPSA) is 75.6 Å². The van der Waals surface area contributed by atoms with Gasteiger partial charge in [-0.25, -0.2) is 0 Å². The summed E-state index contributed by atoms with van der Waals surface area (Å²) >= 11 is 0. The molecule has 6 heteroatoms. The van der Waals surface area contributed by atoms with Gasteiger partial charge in [-0.2, -0.15) is 10.2 Å². The smallest absolute Gasteiger partial charge is 0.244 e. The van der Waals surface area contributed by atoms with E-state index in [2.05, 4.69) is 20.6 Å². The highest BCUT2D eigenvalue weighted by Gasteiger charge is 2.01. The number of hydrogen-bond acceptors (Lipinski definition) is 3. The second kappa shape index (κ2) is 6.70. The largest absolute Gasteiger partial charge is 0.353 e. The summed E-state index contributed by atoms with van der Waals surface area (Å²) in [6, 6.07) is 1.85. The summed E-state index contributed by atoms with van der Waals surface area (Å²) in [6.45, 7) is 2.65. The average Bonchev–Trinajstić information content (AvgIpc) is 3.01. The second-order valence-corrected chi connectivity index (χ2v) is 4.63. The number of carbonyl (C=O) groups is 1. The molecule has 0 bridgehead atoms. The van der Waals surface area contributed by atoms with Crippen LogP contribution in [0.4, 0.5) is 0 Å². The molecule has 2 aromatic rings. The molecule has 20 heavy (non-hydrogen) atoms. The van der Waals surface area contributed by atoms with Crippen molar-refractivity contribution in [2.45, 2.75) is 19.8 Å². The molecule has 2 N–H and O–H groups in total. The van der Waals surface area contributed by atoms with Gasteiger partial charge in [0, 0.05) is 31.6 Å². The Morgan fingerprint density at radius 3 is 3.05 bits per heavy atom. The van der Waals surface area contributed by atoms with Crippen LogP contribution >= 0.6 is 0 Å². The van der Waals surface area contributed by atoms with Crippen molar-refractivity contribution in [3.8, 4) is 0 Å². The molecular weight excluding hydrogens is 254 g/mol. The Morgan fingerprint density at radius 2 is 2.40 bits per heavy atom. The molecule has 0 spiro atoms. The molecule has 0 aliphatic rings. The first-order valence-corrected chi connectivity index (χ1v) is 6.59. The van der Waals surface area contributed by atoms with Crippen LogP contribution in [0.2, 0.25) is 0 Å². The minimum atomic E-state index is -0.0879. The quantitative estimate of drug-likeness (QED) is 0.613. The zero-order valence-corrected chi connectivity index (χ0v) is 11.8. The molecule has 0 radical (unpaired) electrons. The lowest BCUT2D eigenvalue weighted by molar-refractivity contribution is -0.116. The van der Waals surface area contributed by atoms with Gasteiger partial charge >= 0.3 is 0 Å². The predicted molar refractivity (Wildman–Crippen MR) is 76.9 cm³/mol. The number of aromatic amines is 1. The van der Waals surface area contributed by atoms with Gasteiger partial charge in [-0.05, 0) is 37.5 Å². The number of hydrogen-bond donors (Lipinski definition) is 2. The van der Waals surface area contributed by atoms with E-state index in [0.717, 1.165) is 24.2 Å². The number of nitrogens with zero attached hydrogens (tertiary/aromatic N) is 3. The third-order valence-electron chi connectivity index (χ3n) is 3.12. The van der Waals surface area contributed by atoms with E-state index in [9.17, 15) is 4.79 Å². The van der Waals surface area contributed by atoms with Crippen LogP contribution in [0.3, 0.4) is 0 Å². The third kappa shape index (κ3) is 3.81. The summed E-state index contributed by atoms with van der Waals surface area (Å²) in [6.07, 6.45) is 8.62. The Labute approximate surface area is 117 Å². The van der Waals surface area contributed by atoms with Crippen molar-refractivity contribution in [1.82, 2.24) is 25.3 Å². The van der Waals surface area contributed by atoms with Crippen molar-refractivity contribution in [2.24, 2.45) is 7.05 Å². The number of carbonyl (C=O) groups excluding carboxylic acids is 1. The van der Waals surface area contributed by atoms with E-state index >= 15 is 0 Å². The summed E-state index contributed by atoms with van der Waals surface area (Å²) in [5, 5.41) is 13.8. The van der Waals surface area contributed by atoms with E-state index in [-0.39, 0.29) is 5.91 Å². The molecule has 6 nitrogen and oxygen atoms in total. The monoisotopic (exact) mass is 273 g/mol. The first-order chi connectivity index (χ1) is 9.66. The first kappa shape index (κ1) is 14.0. The summed E-state index contributed by atoms with van der Waals surface area (Å²) in [4.78, 5) is 11.6. The molecular formula is C14H19N5O. The molecule has 0 saturated carbocycles. The Kier molecular flexibility index (Phi) is 4.70. The lowest BCUT2D eigenvalue weighted by Crippen LogP contribution is -2.22. The van der Waals surface area contributed by atoms with Gasteiger partial charge in [0.2, 0.25) is 5.91 Å². The van der Waals surface area contributed by atoms with Crippen molar-refractivity contribution >= 4 is 12.0 Å². The van der Waals surface area contributed by atoms with Crippen LogP contribution in [0.25, 0.3) is 6.08 Å². The maximum atomic E-state index is 11.6. The van der Waals surface area contributed by atoms with Crippen molar-refractivity contribution in [1.29, 1.82) is 0 Å². The van der Waals surface area contributed by atoms with Gasteiger partial charge < -0.3 is 5.32 Å². The molecule has 1 amide bonds. The highest BCUT2D eigenvalue weighted by molar-refractivity contribution is 5.91. The molecule has 2 heterocycles. The number of amides is 1. The van der Waals surface area contributed by atoms with Gasteiger partial charge in [-0.1, -0.05) is 0 Å². The molecule has 0 unspecified atom stereocenters. The van der Waals surface area contributed by atoms with E-state index in [0.29, 0.717) is 6.54 Å². The zero-order valence-electron chi connectivity index (χ0n) is 11.8. The van der Waals surface area contributed by atoms with Gasteiger partial charge in [0.25, 0.3) is 0 Å². The number of rotatable bonds is 6. The van der Waals surface area contributed by atoms with Crippen molar-refractivity contribution in [3.63, 3.8) is 0 Å². The first-order valence-electron chi connectivity index (χ1n) is 6.59. The summed E-state index contributed by atoms with van der Waals surface area (Å²) in [7, 11) is 1.84. The van der Waals surface area contributed by atoms with Crippen molar-refractivity contribution in [2.75, 3.05) is 6.54 Å². The Bertz CT molecular complexity index is 596. The molecule has 2 rings (SSSR count). The van der Waals surface area contributed by atoms with E-state index in [1.165, 1.54) is 11.6 Å². The Hall–Kier alpha value is -2.37. The highest BCUT2D eigenvalue weighted by atomic mass is 16.1. The Balaban J connectivity index is 1.69. The van der Waals surface area contributed by atoms with Crippen LogP contribution in [0.5, 0.6) is 0 Å². The molecule has 0 aliphatic carbocycles. The predicted octanol–water partition coefficient (Wildman–Crippen LogP) is 1.21. The minimum Gasteiger partial charge on any atom is -0.353 e. The normalized spacial score (nSPS) is 11.1. The number of H-pyrrole nitrogens is 1. The summed E-state index contributed by atoms with van der Waals surface area (Å²) in [5.74, 6) is -0.0879. The molecule has 0 atom stereocenters. The molecule has 0 saturated heterocycles. The fourth-order valence-electron chi connectivity index (χ4n) is 1.89. The summed E-state index contributed by atoms with van der Waals surface area (Å²) in [5.41, 5.74) is 3.19. The van der Waals surface area contributed by atoms with E-state index < -0.39 is 0 Å². The molecule has 106 valence electrons. The molecule has 0 fully saturated rings. The van der Waals surface area contributed by atoms with Gasteiger partial charge in [0.1, 0.15) is 0 Å². The van der Waals surface area contributed by atoms with Crippen LogP contribution in [-0.2, 0) is 18.3 Å². The second-order valence-electron chi connectivity index (χ2n) is 4.63. The van der Waals surface area contributed by atoms with Crippen molar-refractivity contribution in [3.05, 3.63) is 41.5 Å². The summed E-state index contributed by atoms with van der Waals surface area (Å²) < 4.78 is 1.71. The molecule has 0 aromatic carbocycles. The van der Waals surface area contributed by atoms with Crippen LogP contribution < -0.4 is 5.32 Å². The van der Waals surface area contributed by atoms with Gasteiger partial charge in [-0.3, -0.25) is 14.6 Å². The maximum Gasteiger partial charge on any atom is 0.244 e.